The minimum atomic E-state index is -0.606. The standard InChI is InChI=1S/C9H12N4O3S/c1-2-15-8(14)6(12-16-5-3-4-5)7-11-9(10)17-13-7/h5H,2-4H2,1H3,(H2,10,11,13). The van der Waals surface area contributed by atoms with E-state index >= 15 is 0 Å². The lowest BCUT2D eigenvalue weighted by molar-refractivity contribution is -0.135. The normalized spacial score (nSPS) is 15.7. The minimum absolute atomic E-state index is 0.0355. The average Bonchev–Trinajstić information content (AvgIpc) is 3.02. The van der Waals surface area contributed by atoms with Gasteiger partial charge in [0.25, 0.3) is 0 Å². The van der Waals surface area contributed by atoms with Crippen molar-refractivity contribution >= 4 is 28.3 Å². The molecule has 1 aromatic heterocycles. The third-order valence-electron chi connectivity index (χ3n) is 1.94. The van der Waals surface area contributed by atoms with Gasteiger partial charge in [-0.2, -0.15) is 9.36 Å². The van der Waals surface area contributed by atoms with Gasteiger partial charge in [-0.3, -0.25) is 0 Å². The van der Waals surface area contributed by atoms with Crippen molar-refractivity contribution in [3.63, 3.8) is 0 Å². The number of carbonyl (C=O) groups is 1. The number of nitrogens with zero attached hydrogens (tertiary/aromatic N) is 3. The molecule has 0 saturated heterocycles. The van der Waals surface area contributed by atoms with Gasteiger partial charge in [0.15, 0.2) is 5.13 Å². The third-order valence-corrected chi connectivity index (χ3v) is 2.48. The van der Waals surface area contributed by atoms with Crippen LogP contribution in [0.3, 0.4) is 0 Å². The number of hydrogen-bond donors (Lipinski definition) is 1. The molecule has 2 rings (SSSR count). The first-order valence-electron chi connectivity index (χ1n) is 5.21. The van der Waals surface area contributed by atoms with Crippen molar-refractivity contribution in [3.8, 4) is 0 Å². The van der Waals surface area contributed by atoms with Gasteiger partial charge in [0, 0.05) is 11.5 Å². The number of rotatable bonds is 5. The van der Waals surface area contributed by atoms with Crippen LogP contribution in [0, 0.1) is 0 Å². The predicted octanol–water partition coefficient (Wildman–Crippen LogP) is 0.567. The van der Waals surface area contributed by atoms with E-state index in [0.29, 0.717) is 0 Å². The Labute approximate surface area is 102 Å². The summed E-state index contributed by atoms with van der Waals surface area (Å²) >= 11 is 0.991. The molecule has 1 aliphatic rings. The van der Waals surface area contributed by atoms with Crippen LogP contribution in [0.5, 0.6) is 0 Å². The molecule has 1 fully saturated rings. The van der Waals surface area contributed by atoms with Gasteiger partial charge in [-0.1, -0.05) is 5.16 Å². The summed E-state index contributed by atoms with van der Waals surface area (Å²) in [5.41, 5.74) is 5.42. The Bertz CT molecular complexity index is 441. The number of aromatic nitrogens is 2. The summed E-state index contributed by atoms with van der Waals surface area (Å²) in [7, 11) is 0. The SMILES string of the molecule is CCOC(=O)C(=NOC1CC1)c1nsc(N)n1. The molecular formula is C9H12N4O3S. The molecule has 8 heteroatoms. The third kappa shape index (κ3) is 3.13. The van der Waals surface area contributed by atoms with Crippen molar-refractivity contribution in [1.82, 2.24) is 9.36 Å². The smallest absolute Gasteiger partial charge is 0.364 e. The quantitative estimate of drug-likeness (QED) is 0.469. The van der Waals surface area contributed by atoms with Crippen molar-refractivity contribution in [2.24, 2.45) is 5.16 Å². The van der Waals surface area contributed by atoms with Crippen LogP contribution in [0.25, 0.3) is 0 Å². The molecule has 1 aliphatic carbocycles. The van der Waals surface area contributed by atoms with Gasteiger partial charge in [-0.15, -0.1) is 0 Å². The molecule has 0 unspecified atom stereocenters. The number of hydrogen-bond acceptors (Lipinski definition) is 8. The van der Waals surface area contributed by atoms with E-state index in [1.165, 1.54) is 0 Å². The van der Waals surface area contributed by atoms with Gasteiger partial charge in [-0.25, -0.2) is 4.79 Å². The largest absolute Gasteiger partial charge is 0.461 e. The lowest BCUT2D eigenvalue weighted by Gasteiger charge is -2.02. The fourth-order valence-corrected chi connectivity index (χ4v) is 1.44. The van der Waals surface area contributed by atoms with E-state index in [2.05, 4.69) is 14.5 Å². The zero-order valence-electron chi connectivity index (χ0n) is 9.25. The first-order chi connectivity index (χ1) is 8.20. The molecule has 1 saturated carbocycles. The van der Waals surface area contributed by atoms with Gasteiger partial charge in [0.1, 0.15) is 6.10 Å². The van der Waals surface area contributed by atoms with Crippen LogP contribution < -0.4 is 5.73 Å². The molecule has 92 valence electrons. The second kappa shape index (κ2) is 5.09. The Hall–Kier alpha value is -1.70. The number of oxime groups is 1. The number of carbonyl (C=O) groups excluding carboxylic acids is 1. The number of ether oxygens (including phenoxy) is 1. The minimum Gasteiger partial charge on any atom is -0.461 e. The van der Waals surface area contributed by atoms with Gasteiger partial charge in [-0.05, 0) is 19.8 Å². The highest BCUT2D eigenvalue weighted by molar-refractivity contribution is 7.09. The lowest BCUT2D eigenvalue weighted by Crippen LogP contribution is -2.20. The monoisotopic (exact) mass is 256 g/mol. The van der Waals surface area contributed by atoms with E-state index < -0.39 is 5.97 Å². The number of nitrogens with two attached hydrogens (primary N) is 1. The molecule has 2 N–H and O–H groups in total. The van der Waals surface area contributed by atoms with Gasteiger partial charge in [0.2, 0.25) is 11.5 Å². The topological polar surface area (TPSA) is 99.7 Å². The molecule has 7 nitrogen and oxygen atoms in total. The highest BCUT2D eigenvalue weighted by Crippen LogP contribution is 2.24. The van der Waals surface area contributed by atoms with Crippen molar-refractivity contribution in [2.75, 3.05) is 12.3 Å². The van der Waals surface area contributed by atoms with Crippen molar-refractivity contribution in [1.29, 1.82) is 0 Å². The first-order valence-corrected chi connectivity index (χ1v) is 5.98. The average molecular weight is 256 g/mol. The summed E-state index contributed by atoms with van der Waals surface area (Å²) in [6, 6.07) is 0. The van der Waals surface area contributed by atoms with Crippen molar-refractivity contribution < 1.29 is 14.4 Å². The summed E-state index contributed by atoms with van der Waals surface area (Å²) in [5, 5.41) is 4.02. The van der Waals surface area contributed by atoms with Crippen molar-refractivity contribution in [3.05, 3.63) is 5.82 Å². The Morgan fingerprint density at radius 3 is 2.94 bits per heavy atom. The Morgan fingerprint density at radius 2 is 2.41 bits per heavy atom. The van der Waals surface area contributed by atoms with Gasteiger partial charge < -0.3 is 15.3 Å². The summed E-state index contributed by atoms with van der Waals surface area (Å²) in [6.07, 6.45) is 1.99. The molecule has 0 amide bonds. The van der Waals surface area contributed by atoms with Gasteiger partial charge >= 0.3 is 5.97 Å². The number of nitrogen functional groups attached to an aromatic ring is 1. The highest BCUT2D eigenvalue weighted by Gasteiger charge is 2.26. The molecule has 0 aliphatic heterocycles. The Balaban J connectivity index is 2.16. The van der Waals surface area contributed by atoms with E-state index in [0.717, 1.165) is 24.4 Å². The highest BCUT2D eigenvalue weighted by atomic mass is 32.1. The second-order valence-corrected chi connectivity index (χ2v) is 4.20. The molecule has 17 heavy (non-hydrogen) atoms. The number of esters is 1. The van der Waals surface area contributed by atoms with Crippen molar-refractivity contribution in [2.45, 2.75) is 25.9 Å². The summed E-state index contributed by atoms with van der Waals surface area (Å²) in [6.45, 7) is 1.96. The van der Waals surface area contributed by atoms with Crippen LogP contribution in [0.2, 0.25) is 0 Å². The Morgan fingerprint density at radius 1 is 1.65 bits per heavy atom. The zero-order valence-corrected chi connectivity index (χ0v) is 10.1. The number of anilines is 1. The van der Waals surface area contributed by atoms with Crippen LogP contribution in [0.1, 0.15) is 25.6 Å². The van der Waals surface area contributed by atoms with E-state index in [4.69, 9.17) is 15.3 Å². The van der Waals surface area contributed by atoms with Crippen LogP contribution in [0.15, 0.2) is 5.16 Å². The fourth-order valence-electron chi connectivity index (χ4n) is 1.00. The van der Waals surface area contributed by atoms with E-state index in [1.807, 2.05) is 0 Å². The maximum absolute atomic E-state index is 11.6. The van der Waals surface area contributed by atoms with Gasteiger partial charge in [0.05, 0.1) is 6.61 Å². The second-order valence-electron chi connectivity index (χ2n) is 3.42. The van der Waals surface area contributed by atoms with E-state index in [1.54, 1.807) is 6.92 Å². The van der Waals surface area contributed by atoms with Crippen LogP contribution >= 0.6 is 11.5 Å². The lowest BCUT2D eigenvalue weighted by atomic mass is 10.3. The molecule has 1 heterocycles. The van der Waals surface area contributed by atoms with Crippen LogP contribution in [-0.4, -0.2) is 33.7 Å². The molecule has 1 aromatic rings. The molecule has 0 bridgehead atoms. The Kier molecular flexibility index (Phi) is 3.52. The van der Waals surface area contributed by atoms with Crippen LogP contribution in [-0.2, 0) is 14.4 Å². The summed E-state index contributed by atoms with van der Waals surface area (Å²) < 4.78 is 8.77. The molecule has 0 aromatic carbocycles. The molecule has 0 spiro atoms. The van der Waals surface area contributed by atoms with E-state index in [9.17, 15) is 4.79 Å². The maximum atomic E-state index is 11.6. The fraction of sp³-hybridized carbons (Fsp3) is 0.556. The predicted molar refractivity (Wildman–Crippen MR) is 61.6 cm³/mol. The molecule has 0 atom stereocenters. The zero-order chi connectivity index (χ0) is 12.3. The van der Waals surface area contributed by atoms with Crippen LogP contribution in [0.4, 0.5) is 5.13 Å². The first kappa shape index (κ1) is 11.8. The maximum Gasteiger partial charge on any atom is 0.364 e. The molecular weight excluding hydrogens is 244 g/mol. The summed E-state index contributed by atoms with van der Waals surface area (Å²) in [4.78, 5) is 20.6. The summed E-state index contributed by atoms with van der Waals surface area (Å²) in [5.74, 6) is -0.461. The van der Waals surface area contributed by atoms with E-state index in [-0.39, 0.29) is 29.4 Å². The molecule has 0 radical (unpaired) electrons.